The van der Waals surface area contributed by atoms with Crippen molar-refractivity contribution in [2.24, 2.45) is 17.3 Å². The maximum Gasteiger partial charge on any atom is 0.410 e. The molecule has 2 aliphatic rings. The Hall–Kier alpha value is -2.08. The molecule has 1 amide bonds. The van der Waals surface area contributed by atoms with Crippen LogP contribution in [0.2, 0.25) is 0 Å². The molecule has 3 atom stereocenters. The average Bonchev–Trinajstić information content (AvgIpc) is 3.06. The number of aryl methyl sites for hydroxylation is 1. The fourth-order valence-corrected chi connectivity index (χ4v) is 5.25. The third kappa shape index (κ3) is 6.03. The number of fused-ring (bicyclic) bond motifs is 1. The van der Waals surface area contributed by atoms with Crippen LogP contribution >= 0.6 is 0 Å². The Kier molecular flexibility index (Phi) is 7.23. The second-order valence-electron chi connectivity index (χ2n) is 11.3. The van der Waals surface area contributed by atoms with E-state index in [2.05, 4.69) is 49.9 Å². The molecule has 6 nitrogen and oxygen atoms in total. The Labute approximate surface area is 193 Å². The molecule has 0 aromatic heterocycles. The van der Waals surface area contributed by atoms with Crippen LogP contribution in [0.5, 0.6) is 0 Å². The molecule has 0 bridgehead atoms. The lowest BCUT2D eigenvalue weighted by atomic mass is 9.78. The van der Waals surface area contributed by atoms with E-state index in [0.717, 1.165) is 26.1 Å². The fourth-order valence-electron chi connectivity index (χ4n) is 5.25. The lowest BCUT2D eigenvalue weighted by Gasteiger charge is -2.43. The second-order valence-corrected chi connectivity index (χ2v) is 11.3. The highest BCUT2D eigenvalue weighted by Gasteiger charge is 2.47. The van der Waals surface area contributed by atoms with E-state index >= 15 is 0 Å². The molecule has 2 heterocycles. The average molecular weight is 445 g/mol. The molecule has 2 aliphatic heterocycles. The third-order valence-electron chi connectivity index (χ3n) is 6.50. The summed E-state index contributed by atoms with van der Waals surface area (Å²) in [5.74, 6) is 0.644. The molecule has 1 unspecified atom stereocenters. The predicted molar refractivity (Wildman–Crippen MR) is 125 cm³/mol. The first-order valence-corrected chi connectivity index (χ1v) is 11.8. The van der Waals surface area contributed by atoms with E-state index in [0.29, 0.717) is 25.0 Å². The highest BCUT2D eigenvalue weighted by Crippen LogP contribution is 2.45. The number of hydrogen-bond acceptors (Lipinski definition) is 5. The van der Waals surface area contributed by atoms with E-state index in [1.807, 2.05) is 25.7 Å². The van der Waals surface area contributed by atoms with Gasteiger partial charge < -0.3 is 19.3 Å². The topological polar surface area (TPSA) is 59.1 Å². The van der Waals surface area contributed by atoms with Gasteiger partial charge in [0.15, 0.2) is 0 Å². The van der Waals surface area contributed by atoms with Gasteiger partial charge >= 0.3 is 12.1 Å². The molecule has 178 valence electrons. The van der Waals surface area contributed by atoms with Crippen LogP contribution in [-0.2, 0) is 14.3 Å². The number of benzene rings is 1. The number of hydrogen-bond donors (Lipinski definition) is 0. The standard InChI is InChI=1S/C26H40N2O4/c1-18-10-8-9-11-21(18)23-22-15-27(16-26(6,7)17-31-19(2)29)14-20(22)12-13-28(23)24(30)32-25(3,4)5/h8-11,20,22-23H,12-17H2,1-7H3/t20-,22?,23+/m1/s1. The van der Waals surface area contributed by atoms with E-state index in [1.54, 1.807) is 0 Å². The maximum absolute atomic E-state index is 13.2. The minimum atomic E-state index is -0.521. The van der Waals surface area contributed by atoms with Gasteiger partial charge in [0.05, 0.1) is 12.6 Å². The first-order chi connectivity index (χ1) is 14.9. The van der Waals surface area contributed by atoms with Gasteiger partial charge in [0.25, 0.3) is 0 Å². The van der Waals surface area contributed by atoms with Gasteiger partial charge in [0, 0.05) is 44.4 Å². The largest absolute Gasteiger partial charge is 0.465 e. The Morgan fingerprint density at radius 2 is 1.78 bits per heavy atom. The first-order valence-electron chi connectivity index (χ1n) is 11.8. The van der Waals surface area contributed by atoms with Crippen LogP contribution in [0.1, 0.15) is 65.1 Å². The molecule has 32 heavy (non-hydrogen) atoms. The number of amides is 1. The van der Waals surface area contributed by atoms with Crippen LogP contribution in [0, 0.1) is 24.2 Å². The summed E-state index contributed by atoms with van der Waals surface area (Å²) in [4.78, 5) is 28.9. The van der Waals surface area contributed by atoms with Crippen LogP contribution < -0.4 is 0 Å². The van der Waals surface area contributed by atoms with Gasteiger partial charge in [0.2, 0.25) is 0 Å². The van der Waals surface area contributed by atoms with Crippen LogP contribution in [-0.4, -0.2) is 60.2 Å². The number of esters is 1. The van der Waals surface area contributed by atoms with Crippen LogP contribution in [0.3, 0.4) is 0 Å². The summed E-state index contributed by atoms with van der Waals surface area (Å²) in [7, 11) is 0. The van der Waals surface area contributed by atoms with Crippen molar-refractivity contribution < 1.29 is 19.1 Å². The van der Waals surface area contributed by atoms with Crippen molar-refractivity contribution in [1.82, 2.24) is 9.80 Å². The summed E-state index contributed by atoms with van der Waals surface area (Å²) >= 11 is 0. The van der Waals surface area contributed by atoms with Gasteiger partial charge in [-0.3, -0.25) is 4.79 Å². The quantitative estimate of drug-likeness (QED) is 0.610. The molecule has 2 fully saturated rings. The maximum atomic E-state index is 13.2. The molecule has 0 radical (unpaired) electrons. The van der Waals surface area contributed by atoms with Crippen LogP contribution in [0.15, 0.2) is 24.3 Å². The highest BCUT2D eigenvalue weighted by molar-refractivity contribution is 5.69. The van der Waals surface area contributed by atoms with Gasteiger partial charge in [-0.05, 0) is 51.2 Å². The smallest absolute Gasteiger partial charge is 0.410 e. The normalized spacial score (nSPS) is 24.2. The molecular weight excluding hydrogens is 404 g/mol. The number of likely N-dealkylation sites (tertiary alicyclic amines) is 2. The molecule has 6 heteroatoms. The molecule has 0 aliphatic carbocycles. The summed E-state index contributed by atoms with van der Waals surface area (Å²) < 4.78 is 11.1. The summed E-state index contributed by atoms with van der Waals surface area (Å²) in [6, 6.07) is 8.41. The zero-order valence-electron chi connectivity index (χ0n) is 20.8. The van der Waals surface area contributed by atoms with Gasteiger partial charge in [-0.1, -0.05) is 38.1 Å². The summed E-state index contributed by atoms with van der Waals surface area (Å²) in [6.45, 7) is 17.5. The predicted octanol–water partition coefficient (Wildman–Crippen LogP) is 4.81. The Morgan fingerprint density at radius 1 is 1.09 bits per heavy atom. The first kappa shape index (κ1) is 24.6. The number of nitrogens with zero attached hydrogens (tertiary/aromatic N) is 2. The van der Waals surface area contributed by atoms with Crippen molar-refractivity contribution in [1.29, 1.82) is 0 Å². The van der Waals surface area contributed by atoms with E-state index in [-0.39, 0.29) is 23.5 Å². The van der Waals surface area contributed by atoms with Gasteiger partial charge in [-0.15, -0.1) is 0 Å². The van der Waals surface area contributed by atoms with E-state index in [4.69, 9.17) is 9.47 Å². The van der Waals surface area contributed by atoms with E-state index in [1.165, 1.54) is 18.1 Å². The minimum absolute atomic E-state index is 0.00591. The summed E-state index contributed by atoms with van der Waals surface area (Å²) in [5, 5.41) is 0. The van der Waals surface area contributed by atoms with Crippen LogP contribution in [0.25, 0.3) is 0 Å². The summed E-state index contributed by atoms with van der Waals surface area (Å²) in [5.41, 5.74) is 1.78. The summed E-state index contributed by atoms with van der Waals surface area (Å²) in [6.07, 6.45) is 0.755. The van der Waals surface area contributed by atoms with E-state index in [9.17, 15) is 9.59 Å². The molecular formula is C26H40N2O4. The number of rotatable bonds is 5. The Bertz CT molecular complexity index is 829. The molecule has 1 aromatic carbocycles. The molecule has 2 saturated heterocycles. The number of ether oxygens (including phenoxy) is 2. The van der Waals surface area contributed by atoms with Gasteiger partial charge in [-0.2, -0.15) is 0 Å². The monoisotopic (exact) mass is 444 g/mol. The van der Waals surface area contributed by atoms with Crippen molar-refractivity contribution in [3.8, 4) is 0 Å². The number of carbonyl (C=O) groups is 2. The van der Waals surface area contributed by atoms with Crippen LogP contribution in [0.4, 0.5) is 4.79 Å². The van der Waals surface area contributed by atoms with Crippen molar-refractivity contribution in [2.45, 2.75) is 66.5 Å². The number of carbonyl (C=O) groups excluding carboxylic acids is 2. The van der Waals surface area contributed by atoms with E-state index < -0.39 is 5.60 Å². The zero-order chi connectivity index (χ0) is 23.7. The van der Waals surface area contributed by atoms with Crippen molar-refractivity contribution in [3.05, 3.63) is 35.4 Å². The molecule has 0 N–H and O–H groups in total. The highest BCUT2D eigenvalue weighted by atomic mass is 16.6. The van der Waals surface area contributed by atoms with Gasteiger partial charge in [0.1, 0.15) is 5.60 Å². The Morgan fingerprint density at radius 3 is 2.41 bits per heavy atom. The second kappa shape index (κ2) is 9.42. The van der Waals surface area contributed by atoms with Gasteiger partial charge in [-0.25, -0.2) is 4.79 Å². The number of piperidine rings is 1. The lowest BCUT2D eigenvalue weighted by Crippen LogP contribution is -2.48. The Balaban J connectivity index is 1.83. The van der Waals surface area contributed by atoms with Crippen molar-refractivity contribution >= 4 is 12.1 Å². The molecule has 0 saturated carbocycles. The third-order valence-corrected chi connectivity index (χ3v) is 6.50. The fraction of sp³-hybridized carbons (Fsp3) is 0.692. The zero-order valence-corrected chi connectivity index (χ0v) is 20.8. The molecule has 3 rings (SSSR count). The van der Waals surface area contributed by atoms with Crippen molar-refractivity contribution in [3.63, 3.8) is 0 Å². The molecule has 1 aromatic rings. The van der Waals surface area contributed by atoms with Crippen molar-refractivity contribution in [2.75, 3.05) is 32.8 Å². The SMILES string of the molecule is CC(=O)OCC(C)(C)CN1CC2[C@H](CCN(C(=O)OC(C)(C)C)[C@H]2c2ccccc2C)C1. The molecule has 0 spiro atoms. The minimum Gasteiger partial charge on any atom is -0.465 e. The lowest BCUT2D eigenvalue weighted by molar-refractivity contribution is -0.144.